The number of ether oxygens (including phenoxy) is 1. The van der Waals surface area contributed by atoms with Crippen LogP contribution in [0, 0.1) is 0 Å². The molecule has 0 radical (unpaired) electrons. The third kappa shape index (κ3) is 2.02. The van der Waals surface area contributed by atoms with Crippen molar-refractivity contribution >= 4 is 38.9 Å². The van der Waals surface area contributed by atoms with Crippen molar-refractivity contribution in [1.29, 1.82) is 0 Å². The van der Waals surface area contributed by atoms with Gasteiger partial charge in [0.2, 0.25) is 0 Å². The minimum atomic E-state index is 0.867. The molecular formula is C24H16N2O. The molecule has 0 spiro atoms. The van der Waals surface area contributed by atoms with Crippen LogP contribution >= 0.6 is 0 Å². The van der Waals surface area contributed by atoms with Crippen LogP contribution < -0.4 is 9.64 Å². The van der Waals surface area contributed by atoms with Gasteiger partial charge < -0.3 is 14.6 Å². The van der Waals surface area contributed by atoms with E-state index in [0.29, 0.717) is 0 Å². The van der Waals surface area contributed by atoms with E-state index in [1.807, 2.05) is 24.3 Å². The van der Waals surface area contributed by atoms with Crippen LogP contribution in [-0.4, -0.2) is 4.98 Å². The van der Waals surface area contributed by atoms with Crippen molar-refractivity contribution in [2.75, 3.05) is 4.90 Å². The summed E-state index contributed by atoms with van der Waals surface area (Å²) in [6.45, 7) is 0. The molecule has 0 saturated heterocycles. The molecule has 1 aromatic heterocycles. The summed E-state index contributed by atoms with van der Waals surface area (Å²) in [5.74, 6) is 1.76. The number of benzene rings is 4. The van der Waals surface area contributed by atoms with Gasteiger partial charge in [-0.15, -0.1) is 0 Å². The second kappa shape index (κ2) is 5.39. The molecule has 1 N–H and O–H groups in total. The minimum absolute atomic E-state index is 0.867. The number of H-pyrrole nitrogens is 1. The van der Waals surface area contributed by atoms with Crippen molar-refractivity contribution in [1.82, 2.24) is 4.98 Å². The zero-order valence-corrected chi connectivity index (χ0v) is 14.5. The maximum absolute atomic E-state index is 6.45. The Morgan fingerprint density at radius 2 is 1.41 bits per heavy atom. The summed E-state index contributed by atoms with van der Waals surface area (Å²) in [5, 5.41) is 2.30. The van der Waals surface area contributed by atoms with Crippen molar-refractivity contribution in [3.05, 3.63) is 91.0 Å². The first kappa shape index (κ1) is 14.4. The molecule has 1 aliphatic rings. The fraction of sp³-hybridized carbons (Fsp3) is 0. The molecule has 128 valence electrons. The van der Waals surface area contributed by atoms with Gasteiger partial charge >= 0.3 is 0 Å². The SMILES string of the molecule is c1ccc(N2c3ccccc3Oc3c2ccc2[nH]c4ccccc4c32)cc1. The summed E-state index contributed by atoms with van der Waals surface area (Å²) in [5.41, 5.74) is 5.43. The summed E-state index contributed by atoms with van der Waals surface area (Å²) in [7, 11) is 0. The van der Waals surface area contributed by atoms with Crippen LogP contribution in [0.15, 0.2) is 91.0 Å². The molecule has 2 heterocycles. The second-order valence-corrected chi connectivity index (χ2v) is 6.75. The Morgan fingerprint density at radius 3 is 2.33 bits per heavy atom. The third-order valence-electron chi connectivity index (χ3n) is 5.18. The lowest BCUT2D eigenvalue weighted by molar-refractivity contribution is 0.483. The van der Waals surface area contributed by atoms with E-state index in [-0.39, 0.29) is 0 Å². The largest absolute Gasteiger partial charge is 0.452 e. The molecule has 5 aromatic rings. The highest BCUT2D eigenvalue weighted by Gasteiger charge is 2.28. The molecule has 0 amide bonds. The molecule has 0 aliphatic carbocycles. The maximum atomic E-state index is 6.45. The molecule has 27 heavy (non-hydrogen) atoms. The van der Waals surface area contributed by atoms with Crippen LogP contribution in [0.3, 0.4) is 0 Å². The van der Waals surface area contributed by atoms with Crippen molar-refractivity contribution in [2.45, 2.75) is 0 Å². The number of nitrogens with zero attached hydrogens (tertiary/aromatic N) is 1. The highest BCUT2D eigenvalue weighted by molar-refractivity contribution is 6.13. The van der Waals surface area contributed by atoms with E-state index in [0.717, 1.165) is 45.0 Å². The van der Waals surface area contributed by atoms with E-state index in [9.17, 15) is 0 Å². The Bertz CT molecular complexity index is 1300. The lowest BCUT2D eigenvalue weighted by atomic mass is 10.1. The van der Waals surface area contributed by atoms with Crippen LogP contribution in [0.25, 0.3) is 21.8 Å². The molecule has 4 aromatic carbocycles. The van der Waals surface area contributed by atoms with Gasteiger partial charge in [0.15, 0.2) is 11.5 Å². The van der Waals surface area contributed by atoms with Gasteiger partial charge in [-0.25, -0.2) is 0 Å². The Morgan fingerprint density at radius 1 is 0.630 bits per heavy atom. The monoisotopic (exact) mass is 348 g/mol. The van der Waals surface area contributed by atoms with Crippen LogP contribution in [0.1, 0.15) is 0 Å². The highest BCUT2D eigenvalue weighted by Crippen LogP contribution is 2.53. The molecule has 3 nitrogen and oxygen atoms in total. The first-order valence-corrected chi connectivity index (χ1v) is 9.06. The molecule has 0 bridgehead atoms. The number of rotatable bonds is 1. The highest BCUT2D eigenvalue weighted by atomic mass is 16.5. The normalized spacial score (nSPS) is 12.7. The van der Waals surface area contributed by atoms with E-state index in [1.54, 1.807) is 0 Å². The van der Waals surface area contributed by atoms with Gasteiger partial charge in [0.05, 0.1) is 22.3 Å². The number of aromatic amines is 1. The van der Waals surface area contributed by atoms with Crippen LogP contribution in [0.4, 0.5) is 17.1 Å². The first-order valence-electron chi connectivity index (χ1n) is 9.06. The van der Waals surface area contributed by atoms with Gasteiger partial charge in [-0.05, 0) is 42.5 Å². The molecule has 0 fully saturated rings. The van der Waals surface area contributed by atoms with E-state index in [4.69, 9.17) is 4.74 Å². The summed E-state index contributed by atoms with van der Waals surface area (Å²) in [4.78, 5) is 5.78. The van der Waals surface area contributed by atoms with E-state index >= 15 is 0 Å². The standard InChI is InChI=1S/C24H16N2O/c1-2-8-16(9-3-1)26-20-12-6-7-13-22(20)27-24-21(26)15-14-19-23(24)17-10-4-5-11-18(17)25-19/h1-15,25H. The zero-order chi connectivity index (χ0) is 17.8. The van der Waals surface area contributed by atoms with E-state index < -0.39 is 0 Å². The molecule has 3 heteroatoms. The van der Waals surface area contributed by atoms with Gasteiger partial charge in [-0.2, -0.15) is 0 Å². The van der Waals surface area contributed by atoms with Gasteiger partial charge in [-0.3, -0.25) is 0 Å². The summed E-state index contributed by atoms with van der Waals surface area (Å²) in [6.07, 6.45) is 0. The van der Waals surface area contributed by atoms with Gasteiger partial charge in [0.25, 0.3) is 0 Å². The maximum Gasteiger partial charge on any atom is 0.161 e. The van der Waals surface area contributed by atoms with E-state index in [2.05, 4.69) is 76.6 Å². The molecule has 0 saturated carbocycles. The predicted octanol–water partition coefficient (Wildman–Crippen LogP) is 6.90. The number of hydrogen-bond donors (Lipinski definition) is 1. The minimum Gasteiger partial charge on any atom is -0.452 e. The average molecular weight is 348 g/mol. The fourth-order valence-electron chi connectivity index (χ4n) is 4.00. The van der Waals surface area contributed by atoms with Crippen molar-refractivity contribution in [3.63, 3.8) is 0 Å². The lowest BCUT2D eigenvalue weighted by Gasteiger charge is -2.33. The number of para-hydroxylation sites is 4. The number of hydrogen-bond acceptors (Lipinski definition) is 2. The van der Waals surface area contributed by atoms with Gasteiger partial charge in [0.1, 0.15) is 0 Å². The predicted molar refractivity (Wildman–Crippen MR) is 111 cm³/mol. The number of fused-ring (bicyclic) bond motifs is 6. The van der Waals surface area contributed by atoms with Crippen LogP contribution in [0.5, 0.6) is 11.5 Å². The topological polar surface area (TPSA) is 28.3 Å². The summed E-state index contributed by atoms with van der Waals surface area (Å²) < 4.78 is 6.45. The molecular weight excluding hydrogens is 332 g/mol. The Labute approximate surface area is 156 Å². The van der Waals surface area contributed by atoms with Crippen molar-refractivity contribution in [3.8, 4) is 11.5 Å². The van der Waals surface area contributed by atoms with Gasteiger partial charge in [0, 0.05) is 16.6 Å². The fourth-order valence-corrected chi connectivity index (χ4v) is 4.00. The summed E-state index contributed by atoms with van der Waals surface area (Å²) >= 11 is 0. The average Bonchev–Trinajstić information content (AvgIpc) is 3.12. The molecule has 6 rings (SSSR count). The van der Waals surface area contributed by atoms with Gasteiger partial charge in [-0.1, -0.05) is 48.5 Å². The quantitative estimate of drug-likeness (QED) is 0.350. The van der Waals surface area contributed by atoms with Crippen LogP contribution in [0.2, 0.25) is 0 Å². The zero-order valence-electron chi connectivity index (χ0n) is 14.5. The van der Waals surface area contributed by atoms with Crippen molar-refractivity contribution in [2.24, 2.45) is 0 Å². The lowest BCUT2D eigenvalue weighted by Crippen LogP contribution is -2.15. The molecule has 1 aliphatic heterocycles. The number of anilines is 3. The first-order chi connectivity index (χ1) is 13.4. The Kier molecular flexibility index (Phi) is 2.88. The number of aromatic nitrogens is 1. The van der Waals surface area contributed by atoms with Crippen LogP contribution in [-0.2, 0) is 0 Å². The Balaban J connectivity index is 1.72. The third-order valence-corrected chi connectivity index (χ3v) is 5.18. The Hall–Kier alpha value is -3.72. The van der Waals surface area contributed by atoms with Crippen molar-refractivity contribution < 1.29 is 4.74 Å². The molecule has 0 atom stereocenters. The number of nitrogens with one attached hydrogen (secondary N) is 1. The summed E-state index contributed by atoms with van der Waals surface area (Å²) in [6, 6.07) is 31.3. The molecule has 0 unspecified atom stereocenters. The second-order valence-electron chi connectivity index (χ2n) is 6.75. The smallest absolute Gasteiger partial charge is 0.161 e. The van der Waals surface area contributed by atoms with E-state index in [1.165, 1.54) is 5.39 Å².